The van der Waals surface area contributed by atoms with Gasteiger partial charge in [-0.2, -0.15) is 0 Å². The van der Waals surface area contributed by atoms with Gasteiger partial charge in [0.05, 0.1) is 6.54 Å². The summed E-state index contributed by atoms with van der Waals surface area (Å²) in [6.07, 6.45) is 2.02. The van der Waals surface area contributed by atoms with Crippen molar-refractivity contribution < 1.29 is 14.3 Å². The molecule has 0 spiro atoms. The molecule has 1 aliphatic rings. The van der Waals surface area contributed by atoms with Gasteiger partial charge in [0.1, 0.15) is 11.3 Å². The first-order chi connectivity index (χ1) is 11.1. The Balaban J connectivity index is 1.54. The maximum absolute atomic E-state index is 10.9. The highest BCUT2D eigenvalue weighted by molar-refractivity contribution is 5.82. The molecule has 23 heavy (non-hydrogen) atoms. The Bertz CT molecular complexity index is 689. The second-order valence-electron chi connectivity index (χ2n) is 6.29. The van der Waals surface area contributed by atoms with Crippen molar-refractivity contribution in [1.82, 2.24) is 10.2 Å². The third kappa shape index (κ3) is 3.41. The van der Waals surface area contributed by atoms with Gasteiger partial charge in [0, 0.05) is 29.6 Å². The zero-order valence-electron chi connectivity index (χ0n) is 13.7. The molecule has 1 heterocycles. The van der Waals surface area contributed by atoms with Crippen LogP contribution < -0.4 is 5.32 Å². The van der Waals surface area contributed by atoms with Crippen LogP contribution in [0.2, 0.25) is 0 Å². The first-order valence-electron chi connectivity index (χ1n) is 8.24. The summed E-state index contributed by atoms with van der Waals surface area (Å²) < 4.78 is 5.79. The standard InChI is InChI=1S/C18H24N2O3/c1-3-20(11-18(21)22)14-8-13(9-14)19-10-16-12(2)23-17-7-5-4-6-15(16)17/h4-7,13-14,19H,3,8-11H2,1-2H3,(H,21,22). The van der Waals surface area contributed by atoms with Crippen LogP contribution >= 0.6 is 0 Å². The molecule has 3 rings (SSSR count). The van der Waals surface area contributed by atoms with Crippen LogP contribution in [0.4, 0.5) is 0 Å². The molecule has 1 fully saturated rings. The van der Waals surface area contributed by atoms with Crippen molar-refractivity contribution in [3.63, 3.8) is 0 Å². The van der Waals surface area contributed by atoms with Crippen molar-refractivity contribution >= 4 is 16.9 Å². The molecule has 2 aromatic rings. The number of likely N-dealkylation sites (N-methyl/N-ethyl adjacent to an activating group) is 1. The van der Waals surface area contributed by atoms with E-state index in [2.05, 4.69) is 11.4 Å². The minimum Gasteiger partial charge on any atom is -0.480 e. The number of benzene rings is 1. The predicted octanol–water partition coefficient (Wildman–Crippen LogP) is 2.77. The van der Waals surface area contributed by atoms with Crippen LogP contribution in [0.3, 0.4) is 0 Å². The summed E-state index contributed by atoms with van der Waals surface area (Å²) in [5, 5.41) is 13.7. The fourth-order valence-corrected chi connectivity index (χ4v) is 3.41. The number of furan rings is 1. The molecule has 1 aliphatic carbocycles. The first-order valence-corrected chi connectivity index (χ1v) is 8.24. The average Bonchev–Trinajstić information content (AvgIpc) is 2.79. The van der Waals surface area contributed by atoms with Gasteiger partial charge in [0.25, 0.3) is 0 Å². The molecule has 1 aromatic heterocycles. The van der Waals surface area contributed by atoms with Crippen LogP contribution in [0.5, 0.6) is 0 Å². The van der Waals surface area contributed by atoms with E-state index in [4.69, 9.17) is 9.52 Å². The third-order valence-corrected chi connectivity index (χ3v) is 4.84. The number of aryl methyl sites for hydroxylation is 1. The van der Waals surface area contributed by atoms with Gasteiger partial charge in [-0.3, -0.25) is 9.69 Å². The SMILES string of the molecule is CCN(CC(=O)O)C1CC(NCc2c(C)oc3ccccc23)C1. The van der Waals surface area contributed by atoms with Crippen molar-refractivity contribution in [2.75, 3.05) is 13.1 Å². The van der Waals surface area contributed by atoms with Crippen molar-refractivity contribution in [3.8, 4) is 0 Å². The van der Waals surface area contributed by atoms with Crippen molar-refractivity contribution in [2.24, 2.45) is 0 Å². The normalized spacial score (nSPS) is 20.8. The van der Waals surface area contributed by atoms with Crippen LogP contribution in [-0.4, -0.2) is 41.1 Å². The molecule has 1 aromatic carbocycles. The molecule has 124 valence electrons. The fraction of sp³-hybridized carbons (Fsp3) is 0.500. The molecule has 0 amide bonds. The van der Waals surface area contributed by atoms with E-state index in [1.54, 1.807) is 0 Å². The van der Waals surface area contributed by atoms with Gasteiger partial charge in [0.2, 0.25) is 0 Å². The van der Waals surface area contributed by atoms with Crippen molar-refractivity contribution in [1.29, 1.82) is 0 Å². The third-order valence-electron chi connectivity index (χ3n) is 4.84. The Kier molecular flexibility index (Phi) is 4.68. The maximum atomic E-state index is 10.9. The Hall–Kier alpha value is -1.85. The van der Waals surface area contributed by atoms with E-state index < -0.39 is 5.97 Å². The highest BCUT2D eigenvalue weighted by atomic mass is 16.4. The van der Waals surface area contributed by atoms with Crippen LogP contribution in [0.25, 0.3) is 11.0 Å². The van der Waals surface area contributed by atoms with E-state index in [1.165, 1.54) is 10.9 Å². The number of para-hydroxylation sites is 1. The zero-order valence-corrected chi connectivity index (χ0v) is 13.7. The summed E-state index contributed by atoms with van der Waals surface area (Å²) in [5.74, 6) is 0.222. The quantitative estimate of drug-likeness (QED) is 0.822. The molecule has 0 unspecified atom stereocenters. The molecular formula is C18H24N2O3. The van der Waals surface area contributed by atoms with Gasteiger partial charge in [0.15, 0.2) is 0 Å². The number of nitrogens with one attached hydrogen (secondary N) is 1. The van der Waals surface area contributed by atoms with Gasteiger partial charge < -0.3 is 14.8 Å². The average molecular weight is 316 g/mol. The van der Waals surface area contributed by atoms with E-state index in [-0.39, 0.29) is 6.54 Å². The second kappa shape index (κ2) is 6.72. The number of carboxylic acid groups (broad SMARTS) is 1. The van der Waals surface area contributed by atoms with Crippen molar-refractivity contribution in [2.45, 2.75) is 45.3 Å². The Labute approximate surface area is 136 Å². The molecule has 5 nitrogen and oxygen atoms in total. The lowest BCUT2D eigenvalue weighted by Gasteiger charge is -2.42. The molecule has 0 atom stereocenters. The Morgan fingerprint density at radius 3 is 2.83 bits per heavy atom. The largest absolute Gasteiger partial charge is 0.480 e. The Morgan fingerprint density at radius 2 is 2.13 bits per heavy atom. The topological polar surface area (TPSA) is 65.7 Å². The summed E-state index contributed by atoms with van der Waals surface area (Å²) in [7, 11) is 0. The van der Waals surface area contributed by atoms with Gasteiger partial charge in [-0.1, -0.05) is 25.1 Å². The number of carbonyl (C=O) groups is 1. The minimum atomic E-state index is -0.747. The lowest BCUT2D eigenvalue weighted by atomic mass is 9.85. The molecule has 2 N–H and O–H groups in total. The molecule has 5 heteroatoms. The molecule has 0 aliphatic heterocycles. The summed E-state index contributed by atoms with van der Waals surface area (Å²) in [4.78, 5) is 12.9. The molecule has 0 bridgehead atoms. The first kappa shape index (κ1) is 16.0. The maximum Gasteiger partial charge on any atom is 0.317 e. The van der Waals surface area contributed by atoms with Crippen LogP contribution in [-0.2, 0) is 11.3 Å². The minimum absolute atomic E-state index is 0.138. The molecule has 1 saturated carbocycles. The molecule has 0 saturated heterocycles. The lowest BCUT2D eigenvalue weighted by Crippen LogP contribution is -2.53. The van der Waals surface area contributed by atoms with Crippen LogP contribution in [0.15, 0.2) is 28.7 Å². The summed E-state index contributed by atoms with van der Waals surface area (Å²) >= 11 is 0. The monoisotopic (exact) mass is 316 g/mol. The second-order valence-corrected chi connectivity index (χ2v) is 6.29. The van der Waals surface area contributed by atoms with Gasteiger partial charge in [-0.15, -0.1) is 0 Å². The van der Waals surface area contributed by atoms with E-state index in [1.807, 2.05) is 36.9 Å². The number of hydrogen-bond donors (Lipinski definition) is 2. The van der Waals surface area contributed by atoms with E-state index in [0.29, 0.717) is 12.1 Å². The highest BCUT2D eigenvalue weighted by Gasteiger charge is 2.33. The fourth-order valence-electron chi connectivity index (χ4n) is 3.41. The number of nitrogens with zero attached hydrogens (tertiary/aromatic N) is 1. The number of carboxylic acids is 1. The number of rotatable bonds is 7. The summed E-state index contributed by atoms with van der Waals surface area (Å²) in [6.45, 7) is 5.75. The van der Waals surface area contributed by atoms with Crippen molar-refractivity contribution in [3.05, 3.63) is 35.6 Å². The highest BCUT2D eigenvalue weighted by Crippen LogP contribution is 2.28. The smallest absolute Gasteiger partial charge is 0.317 e. The van der Waals surface area contributed by atoms with E-state index >= 15 is 0 Å². The van der Waals surface area contributed by atoms with Gasteiger partial charge in [-0.05, 0) is 32.4 Å². The van der Waals surface area contributed by atoms with E-state index in [0.717, 1.165) is 37.3 Å². The van der Waals surface area contributed by atoms with Crippen LogP contribution in [0, 0.1) is 6.92 Å². The summed E-state index contributed by atoms with van der Waals surface area (Å²) in [5.41, 5.74) is 2.16. The predicted molar refractivity (Wildman–Crippen MR) is 89.5 cm³/mol. The zero-order chi connectivity index (χ0) is 16.4. The van der Waals surface area contributed by atoms with E-state index in [9.17, 15) is 4.79 Å². The number of hydrogen-bond acceptors (Lipinski definition) is 4. The molecular weight excluding hydrogens is 292 g/mol. The molecule has 0 radical (unpaired) electrons. The van der Waals surface area contributed by atoms with Gasteiger partial charge >= 0.3 is 5.97 Å². The number of fused-ring (bicyclic) bond motifs is 1. The summed E-state index contributed by atoms with van der Waals surface area (Å²) in [6, 6.07) is 8.95. The Morgan fingerprint density at radius 1 is 1.39 bits per heavy atom. The van der Waals surface area contributed by atoms with Crippen LogP contribution in [0.1, 0.15) is 31.1 Å². The lowest BCUT2D eigenvalue weighted by molar-refractivity contribution is -0.139. The number of aliphatic carboxylic acids is 1. The van der Waals surface area contributed by atoms with Gasteiger partial charge in [-0.25, -0.2) is 0 Å².